The molecule has 104 valence electrons. The summed E-state index contributed by atoms with van der Waals surface area (Å²) in [5.74, 6) is -0.149. The maximum absolute atomic E-state index is 12.1. The van der Waals surface area contributed by atoms with Crippen molar-refractivity contribution < 1.29 is 15.0 Å². The number of carbonyl (C=O) groups excluding carboxylic acids is 1. The van der Waals surface area contributed by atoms with Crippen molar-refractivity contribution in [1.82, 2.24) is 0 Å². The van der Waals surface area contributed by atoms with Crippen LogP contribution in [-0.4, -0.2) is 22.7 Å². The van der Waals surface area contributed by atoms with Crippen LogP contribution < -0.4 is 5.32 Å². The van der Waals surface area contributed by atoms with E-state index >= 15 is 0 Å². The van der Waals surface area contributed by atoms with Crippen molar-refractivity contribution in [3.8, 4) is 5.75 Å². The molecule has 0 aliphatic rings. The molecule has 0 aliphatic heterocycles. The molecule has 0 spiro atoms. The molecule has 20 heavy (non-hydrogen) atoms. The number of hydrogen-bond acceptors (Lipinski definition) is 3. The highest BCUT2D eigenvalue weighted by molar-refractivity contribution is 6.05. The number of aromatic hydroxyl groups is 1. The van der Waals surface area contributed by atoms with Crippen LogP contribution in [0.5, 0.6) is 5.75 Å². The number of hydrogen-bond donors (Lipinski definition) is 3. The predicted octanol–water partition coefficient (Wildman–Crippen LogP) is 2.49. The number of carbonyl (C=O) groups is 1. The van der Waals surface area contributed by atoms with E-state index in [1.807, 2.05) is 12.1 Å². The first-order valence-electron chi connectivity index (χ1n) is 6.41. The summed E-state index contributed by atoms with van der Waals surface area (Å²) >= 11 is 0. The van der Waals surface area contributed by atoms with Crippen LogP contribution in [0.15, 0.2) is 42.5 Å². The lowest BCUT2D eigenvalue weighted by Crippen LogP contribution is -2.13. The fourth-order valence-electron chi connectivity index (χ4n) is 1.95. The van der Waals surface area contributed by atoms with Gasteiger partial charge in [0.05, 0.1) is 0 Å². The van der Waals surface area contributed by atoms with Gasteiger partial charge in [-0.05, 0) is 43.2 Å². The molecule has 4 heteroatoms. The van der Waals surface area contributed by atoms with Gasteiger partial charge in [0.25, 0.3) is 5.91 Å². The highest BCUT2D eigenvalue weighted by Gasteiger charge is 2.11. The van der Waals surface area contributed by atoms with Gasteiger partial charge in [-0.1, -0.05) is 18.2 Å². The number of nitrogens with one attached hydrogen (secondary N) is 1. The van der Waals surface area contributed by atoms with E-state index in [1.54, 1.807) is 37.3 Å². The molecule has 0 aliphatic carbocycles. The molecule has 0 fully saturated rings. The molecule has 0 saturated heterocycles. The molecule has 3 N–H and O–H groups in total. The largest absolute Gasteiger partial charge is 0.508 e. The maximum atomic E-state index is 12.1. The predicted molar refractivity (Wildman–Crippen MR) is 78.0 cm³/mol. The second-order valence-corrected chi connectivity index (χ2v) is 4.57. The second kappa shape index (κ2) is 6.21. The van der Waals surface area contributed by atoms with Gasteiger partial charge in [0.2, 0.25) is 0 Å². The van der Waals surface area contributed by atoms with Crippen molar-refractivity contribution in [3.05, 3.63) is 59.2 Å². The number of aliphatic hydroxyl groups excluding tert-OH is 1. The van der Waals surface area contributed by atoms with Gasteiger partial charge >= 0.3 is 0 Å². The van der Waals surface area contributed by atoms with Gasteiger partial charge in [-0.2, -0.15) is 0 Å². The molecular weight excluding hydrogens is 254 g/mol. The van der Waals surface area contributed by atoms with Crippen molar-refractivity contribution in [2.75, 3.05) is 11.9 Å². The molecule has 0 aromatic heterocycles. The molecule has 2 rings (SSSR count). The Hall–Kier alpha value is -2.33. The molecule has 1 amide bonds. The number of aliphatic hydroxyl groups is 1. The van der Waals surface area contributed by atoms with E-state index < -0.39 is 0 Å². The van der Waals surface area contributed by atoms with Gasteiger partial charge in [0.1, 0.15) is 5.75 Å². The third-order valence-corrected chi connectivity index (χ3v) is 3.16. The SMILES string of the molecule is Cc1c(O)cccc1C(=O)Nc1ccc(CCO)cc1. The fraction of sp³-hybridized carbons (Fsp3) is 0.188. The van der Waals surface area contributed by atoms with Crippen LogP contribution in [0.2, 0.25) is 0 Å². The molecule has 0 unspecified atom stereocenters. The molecule has 2 aromatic rings. The Bertz CT molecular complexity index is 606. The van der Waals surface area contributed by atoms with Crippen molar-refractivity contribution in [1.29, 1.82) is 0 Å². The standard InChI is InChI=1S/C16H17NO3/c1-11-14(3-2-4-15(11)19)16(20)17-13-7-5-12(6-8-13)9-10-18/h2-8,18-19H,9-10H2,1H3,(H,17,20). The molecule has 0 saturated carbocycles. The molecule has 0 bridgehead atoms. The Morgan fingerprint density at radius 1 is 1.15 bits per heavy atom. The summed E-state index contributed by atoms with van der Waals surface area (Å²) in [7, 11) is 0. The van der Waals surface area contributed by atoms with Crippen LogP contribution >= 0.6 is 0 Å². The normalized spacial score (nSPS) is 10.3. The molecule has 0 atom stereocenters. The second-order valence-electron chi connectivity index (χ2n) is 4.57. The first-order chi connectivity index (χ1) is 9.61. The number of amides is 1. The Labute approximate surface area is 117 Å². The average molecular weight is 271 g/mol. The van der Waals surface area contributed by atoms with E-state index in [4.69, 9.17) is 5.11 Å². The number of phenols is 1. The van der Waals surface area contributed by atoms with E-state index in [9.17, 15) is 9.90 Å². The van der Waals surface area contributed by atoms with Crippen molar-refractivity contribution in [2.24, 2.45) is 0 Å². The quantitative estimate of drug-likeness (QED) is 0.800. The smallest absolute Gasteiger partial charge is 0.256 e. The topological polar surface area (TPSA) is 69.6 Å². The Balaban J connectivity index is 2.13. The Morgan fingerprint density at radius 3 is 2.50 bits per heavy atom. The van der Waals surface area contributed by atoms with Crippen molar-refractivity contribution >= 4 is 11.6 Å². The van der Waals surface area contributed by atoms with Crippen LogP contribution in [0.4, 0.5) is 5.69 Å². The number of benzene rings is 2. The monoisotopic (exact) mass is 271 g/mol. The highest BCUT2D eigenvalue weighted by Crippen LogP contribution is 2.20. The molecule has 0 heterocycles. The first kappa shape index (κ1) is 14.1. The van der Waals surface area contributed by atoms with E-state index in [0.717, 1.165) is 5.56 Å². The summed E-state index contributed by atoms with van der Waals surface area (Å²) in [6, 6.07) is 12.2. The summed E-state index contributed by atoms with van der Waals surface area (Å²) < 4.78 is 0. The minimum atomic E-state index is -0.256. The maximum Gasteiger partial charge on any atom is 0.256 e. The summed E-state index contributed by atoms with van der Waals surface area (Å²) in [6.07, 6.45) is 0.597. The van der Waals surface area contributed by atoms with Gasteiger partial charge in [-0.3, -0.25) is 4.79 Å². The van der Waals surface area contributed by atoms with Crippen LogP contribution in [0.3, 0.4) is 0 Å². The zero-order chi connectivity index (χ0) is 14.5. The van der Waals surface area contributed by atoms with Crippen LogP contribution in [0.1, 0.15) is 21.5 Å². The molecule has 0 radical (unpaired) electrons. The fourth-order valence-corrected chi connectivity index (χ4v) is 1.95. The van der Waals surface area contributed by atoms with E-state index in [2.05, 4.69) is 5.32 Å². The zero-order valence-corrected chi connectivity index (χ0v) is 11.3. The van der Waals surface area contributed by atoms with Crippen molar-refractivity contribution in [2.45, 2.75) is 13.3 Å². The summed E-state index contributed by atoms with van der Waals surface area (Å²) in [5, 5.41) is 21.2. The summed E-state index contributed by atoms with van der Waals surface area (Å²) in [5.41, 5.74) is 2.70. The minimum absolute atomic E-state index is 0.105. The van der Waals surface area contributed by atoms with Crippen LogP contribution in [-0.2, 0) is 6.42 Å². The molecular formula is C16H17NO3. The third kappa shape index (κ3) is 3.16. The lowest BCUT2D eigenvalue weighted by molar-refractivity contribution is 0.102. The highest BCUT2D eigenvalue weighted by atomic mass is 16.3. The first-order valence-corrected chi connectivity index (χ1v) is 6.41. The summed E-state index contributed by atoms with van der Waals surface area (Å²) in [6.45, 7) is 1.81. The van der Waals surface area contributed by atoms with Gasteiger partial charge in [-0.25, -0.2) is 0 Å². The summed E-state index contributed by atoms with van der Waals surface area (Å²) in [4.78, 5) is 12.1. The number of rotatable bonds is 4. The Morgan fingerprint density at radius 2 is 1.85 bits per heavy atom. The van der Waals surface area contributed by atoms with Gasteiger partial charge in [-0.15, -0.1) is 0 Å². The Kier molecular flexibility index (Phi) is 4.38. The lowest BCUT2D eigenvalue weighted by Gasteiger charge is -2.09. The van der Waals surface area contributed by atoms with E-state index in [0.29, 0.717) is 23.2 Å². The van der Waals surface area contributed by atoms with Gasteiger partial charge in [0.15, 0.2) is 0 Å². The van der Waals surface area contributed by atoms with Crippen LogP contribution in [0.25, 0.3) is 0 Å². The number of anilines is 1. The molecule has 2 aromatic carbocycles. The van der Waals surface area contributed by atoms with Crippen molar-refractivity contribution in [3.63, 3.8) is 0 Å². The van der Waals surface area contributed by atoms with E-state index in [1.165, 1.54) is 0 Å². The van der Waals surface area contributed by atoms with E-state index in [-0.39, 0.29) is 18.3 Å². The van der Waals surface area contributed by atoms with Gasteiger partial charge < -0.3 is 15.5 Å². The lowest BCUT2D eigenvalue weighted by atomic mass is 10.1. The number of phenolic OH excluding ortho intramolecular Hbond substituents is 1. The van der Waals surface area contributed by atoms with Gasteiger partial charge in [0, 0.05) is 23.4 Å². The minimum Gasteiger partial charge on any atom is -0.508 e. The van der Waals surface area contributed by atoms with Crippen LogP contribution in [0, 0.1) is 6.92 Å². The average Bonchev–Trinajstić information content (AvgIpc) is 2.44. The third-order valence-electron chi connectivity index (χ3n) is 3.16. The zero-order valence-electron chi connectivity index (χ0n) is 11.3. The molecule has 4 nitrogen and oxygen atoms in total.